The van der Waals surface area contributed by atoms with E-state index >= 15 is 0 Å². The number of benzene rings is 4. The molecule has 0 aliphatic heterocycles. The van der Waals surface area contributed by atoms with E-state index in [0.29, 0.717) is 0 Å². The van der Waals surface area contributed by atoms with E-state index in [1.54, 1.807) is 6.20 Å². The number of hydrogen-bond donors (Lipinski definition) is 0. The number of rotatable bonds is 6. The van der Waals surface area contributed by atoms with Gasteiger partial charge in [-0.05, 0) is 47.3 Å². The van der Waals surface area contributed by atoms with Gasteiger partial charge in [-0.1, -0.05) is 78.9 Å². The predicted octanol–water partition coefficient (Wildman–Crippen LogP) is 5.21. The second-order valence-electron chi connectivity index (χ2n) is 7.22. The van der Waals surface area contributed by atoms with Crippen LogP contribution in [0, 0.1) is 0 Å². The van der Waals surface area contributed by atoms with Gasteiger partial charge in [-0.3, -0.25) is 4.98 Å². The van der Waals surface area contributed by atoms with Crippen LogP contribution in [0.2, 0.25) is 0 Å². The molecule has 1 heterocycles. The number of para-hydroxylation sites is 2. The molecule has 5 aromatic rings. The molecule has 3 nitrogen and oxygen atoms in total. The van der Waals surface area contributed by atoms with Crippen molar-refractivity contribution in [2.45, 2.75) is 0 Å². The highest BCUT2D eigenvalue weighted by Crippen LogP contribution is 2.24. The summed E-state index contributed by atoms with van der Waals surface area (Å²) in [5, 5.41) is 1.05. The van der Waals surface area contributed by atoms with Gasteiger partial charge in [-0.15, -0.1) is 0 Å². The van der Waals surface area contributed by atoms with E-state index in [0.717, 1.165) is 39.1 Å². The number of ether oxygens (including phenoxy) is 1. The van der Waals surface area contributed by atoms with Crippen molar-refractivity contribution in [3.8, 4) is 17.2 Å². The van der Waals surface area contributed by atoms with Crippen molar-refractivity contribution in [1.82, 2.24) is 4.98 Å². The van der Waals surface area contributed by atoms with Gasteiger partial charge >= 0.3 is 6.92 Å². The highest BCUT2D eigenvalue weighted by atomic mass is 16.5. The highest BCUT2D eigenvalue weighted by Gasteiger charge is 2.24. The normalized spacial score (nSPS) is 10.6. The lowest BCUT2D eigenvalue weighted by Gasteiger charge is -2.18. The molecule has 0 N–H and O–H groups in total. The van der Waals surface area contributed by atoms with Crippen molar-refractivity contribution in [3.05, 3.63) is 121 Å². The molecule has 0 atom stereocenters. The van der Waals surface area contributed by atoms with Crippen LogP contribution in [0.5, 0.6) is 17.2 Å². The van der Waals surface area contributed by atoms with E-state index in [2.05, 4.69) is 29.2 Å². The first-order chi connectivity index (χ1) is 15.4. The van der Waals surface area contributed by atoms with Crippen LogP contribution in [0.4, 0.5) is 0 Å². The maximum atomic E-state index is 6.55. The predicted molar refractivity (Wildman–Crippen MR) is 127 cm³/mol. The summed E-state index contributed by atoms with van der Waals surface area (Å²) in [6.45, 7) is -0.264. The van der Waals surface area contributed by atoms with Gasteiger partial charge in [0.05, 0.1) is 0 Å². The molecule has 4 aromatic carbocycles. The number of nitrogens with zero attached hydrogens (tertiary/aromatic N) is 1. The third-order valence-electron chi connectivity index (χ3n) is 5.10. The zero-order valence-electron chi connectivity index (χ0n) is 16.9. The first-order valence-corrected chi connectivity index (χ1v) is 10.2. The fourth-order valence-electron chi connectivity index (χ4n) is 3.59. The maximum absolute atomic E-state index is 6.55. The molecule has 5 rings (SSSR count). The van der Waals surface area contributed by atoms with Crippen molar-refractivity contribution in [2.24, 2.45) is 0 Å². The Morgan fingerprint density at radius 3 is 1.97 bits per heavy atom. The molecule has 1 aromatic heterocycles. The molecule has 4 heteroatoms. The molecule has 0 aliphatic rings. The lowest BCUT2D eigenvalue weighted by Crippen LogP contribution is -2.47. The standard InChI is InChI=1S/C27H20BNO2/c1-3-11-22(12-4-1)28(31-26-15-7-9-21-10-8-20-29-27(21)26)23-16-18-25(19-17-23)30-24-13-5-2-6-14-24/h1-20H. The third kappa shape index (κ3) is 4.29. The second kappa shape index (κ2) is 8.76. The van der Waals surface area contributed by atoms with E-state index in [1.165, 1.54) is 0 Å². The molecule has 0 radical (unpaired) electrons. The van der Waals surface area contributed by atoms with Crippen LogP contribution in [-0.4, -0.2) is 11.9 Å². The smallest absolute Gasteiger partial charge is 0.426 e. The minimum absolute atomic E-state index is 0.264. The van der Waals surface area contributed by atoms with Crippen molar-refractivity contribution in [2.75, 3.05) is 0 Å². The number of aromatic nitrogens is 1. The Hall–Kier alpha value is -4.05. The molecule has 31 heavy (non-hydrogen) atoms. The van der Waals surface area contributed by atoms with Gasteiger partial charge in [-0.25, -0.2) is 0 Å². The summed E-state index contributed by atoms with van der Waals surface area (Å²) in [5.41, 5.74) is 2.97. The lowest BCUT2D eigenvalue weighted by atomic mass is 9.55. The highest BCUT2D eigenvalue weighted by molar-refractivity contribution is 6.80. The molecule has 0 unspecified atom stereocenters. The van der Waals surface area contributed by atoms with Crippen molar-refractivity contribution in [1.29, 1.82) is 0 Å². The molecule has 0 amide bonds. The molecule has 0 spiro atoms. The van der Waals surface area contributed by atoms with E-state index in [9.17, 15) is 0 Å². The summed E-state index contributed by atoms with van der Waals surface area (Å²) in [5.74, 6) is 2.36. The summed E-state index contributed by atoms with van der Waals surface area (Å²) in [4.78, 5) is 4.54. The fraction of sp³-hybridized carbons (Fsp3) is 0. The summed E-state index contributed by atoms with van der Waals surface area (Å²) in [7, 11) is 0. The first kappa shape index (κ1) is 19.0. The molecule has 0 bridgehead atoms. The summed E-state index contributed by atoms with van der Waals surface area (Å²) < 4.78 is 12.5. The number of fused-ring (bicyclic) bond motifs is 1. The summed E-state index contributed by atoms with van der Waals surface area (Å²) in [6.07, 6.45) is 1.79. The number of pyridine rings is 1. The van der Waals surface area contributed by atoms with Gasteiger partial charge in [0.1, 0.15) is 22.8 Å². The topological polar surface area (TPSA) is 31.4 Å². The average molecular weight is 401 g/mol. The molecule has 0 saturated heterocycles. The summed E-state index contributed by atoms with van der Waals surface area (Å²) >= 11 is 0. The molecular weight excluding hydrogens is 381 g/mol. The van der Waals surface area contributed by atoms with Crippen LogP contribution in [0.25, 0.3) is 10.9 Å². The van der Waals surface area contributed by atoms with Crippen LogP contribution < -0.4 is 20.3 Å². The van der Waals surface area contributed by atoms with Gasteiger partial charge < -0.3 is 9.39 Å². The number of hydrogen-bond acceptors (Lipinski definition) is 3. The van der Waals surface area contributed by atoms with Crippen LogP contribution >= 0.6 is 0 Å². The van der Waals surface area contributed by atoms with E-state index in [1.807, 2.05) is 91.0 Å². The minimum atomic E-state index is -0.264. The fourth-order valence-corrected chi connectivity index (χ4v) is 3.59. The Morgan fingerprint density at radius 1 is 0.548 bits per heavy atom. The van der Waals surface area contributed by atoms with Crippen LogP contribution in [-0.2, 0) is 0 Å². The monoisotopic (exact) mass is 401 g/mol. The Labute approximate surface area is 182 Å². The third-order valence-corrected chi connectivity index (χ3v) is 5.10. The molecule has 0 aliphatic carbocycles. The Bertz CT molecular complexity index is 1270. The van der Waals surface area contributed by atoms with Crippen LogP contribution in [0.3, 0.4) is 0 Å². The van der Waals surface area contributed by atoms with Gasteiger partial charge in [0.2, 0.25) is 0 Å². The van der Waals surface area contributed by atoms with E-state index in [-0.39, 0.29) is 6.92 Å². The van der Waals surface area contributed by atoms with E-state index in [4.69, 9.17) is 9.39 Å². The van der Waals surface area contributed by atoms with Gasteiger partial charge in [0.15, 0.2) is 0 Å². The van der Waals surface area contributed by atoms with Gasteiger partial charge in [0, 0.05) is 11.6 Å². The first-order valence-electron chi connectivity index (χ1n) is 10.2. The quantitative estimate of drug-likeness (QED) is 0.366. The second-order valence-corrected chi connectivity index (χ2v) is 7.22. The molecular formula is C27H20BNO2. The van der Waals surface area contributed by atoms with Gasteiger partial charge in [0.25, 0.3) is 0 Å². The molecule has 0 fully saturated rings. The lowest BCUT2D eigenvalue weighted by molar-refractivity contribution is 0.483. The molecule has 148 valence electrons. The van der Waals surface area contributed by atoms with Crippen molar-refractivity contribution in [3.63, 3.8) is 0 Å². The zero-order valence-corrected chi connectivity index (χ0v) is 16.9. The summed E-state index contributed by atoms with van der Waals surface area (Å²) in [6, 6.07) is 38.0. The SMILES string of the molecule is c1ccc(Oc2ccc(B(Oc3cccc4cccnc34)c3ccccc3)cc2)cc1. The Morgan fingerprint density at radius 2 is 1.19 bits per heavy atom. The zero-order chi connectivity index (χ0) is 20.9. The van der Waals surface area contributed by atoms with Gasteiger partial charge in [-0.2, -0.15) is 0 Å². The van der Waals surface area contributed by atoms with Crippen molar-refractivity contribution < 1.29 is 9.39 Å². The van der Waals surface area contributed by atoms with E-state index < -0.39 is 0 Å². The Kier molecular flexibility index (Phi) is 5.36. The Balaban J connectivity index is 1.48. The average Bonchev–Trinajstić information content (AvgIpc) is 2.84. The van der Waals surface area contributed by atoms with Crippen molar-refractivity contribution >= 4 is 28.7 Å². The molecule has 0 saturated carbocycles. The maximum Gasteiger partial charge on any atom is 0.426 e. The van der Waals surface area contributed by atoms with Crippen LogP contribution in [0.1, 0.15) is 0 Å². The minimum Gasteiger partial charge on any atom is -0.550 e. The largest absolute Gasteiger partial charge is 0.550 e. The van der Waals surface area contributed by atoms with Crippen LogP contribution in [0.15, 0.2) is 121 Å².